The van der Waals surface area contributed by atoms with Gasteiger partial charge in [0.05, 0.1) is 12.0 Å². The molecule has 0 radical (unpaired) electrons. The molecule has 2 nitrogen and oxygen atoms in total. The number of halogens is 3. The summed E-state index contributed by atoms with van der Waals surface area (Å²) < 4.78 is 37.7. The molecule has 0 saturated carbocycles. The van der Waals surface area contributed by atoms with Gasteiger partial charge in [-0.1, -0.05) is 35.9 Å². The molecule has 5 heteroatoms. The van der Waals surface area contributed by atoms with Crippen LogP contribution in [0.15, 0.2) is 42.5 Å². The number of aryl methyl sites for hydroxylation is 1. The van der Waals surface area contributed by atoms with Gasteiger partial charge in [-0.05, 0) is 35.7 Å². The highest BCUT2D eigenvalue weighted by Gasteiger charge is 2.30. The Kier molecular flexibility index (Phi) is 4.02. The van der Waals surface area contributed by atoms with Crippen molar-refractivity contribution in [2.45, 2.75) is 19.5 Å². The van der Waals surface area contributed by atoms with Crippen molar-refractivity contribution in [3.05, 3.63) is 59.2 Å². The van der Waals surface area contributed by atoms with E-state index in [-0.39, 0.29) is 6.42 Å². The molecule has 0 unspecified atom stereocenters. The first kappa shape index (κ1) is 15.1. The maximum Gasteiger partial charge on any atom is 0.416 e. The summed E-state index contributed by atoms with van der Waals surface area (Å²) in [5.74, 6) is -0.980. The maximum absolute atomic E-state index is 12.6. The van der Waals surface area contributed by atoms with Gasteiger partial charge in [-0.15, -0.1) is 0 Å². The van der Waals surface area contributed by atoms with Crippen molar-refractivity contribution >= 4 is 5.97 Å². The molecule has 2 aromatic carbocycles. The molecule has 0 saturated heterocycles. The Balaban J connectivity index is 2.45. The van der Waals surface area contributed by atoms with Gasteiger partial charge >= 0.3 is 12.1 Å². The van der Waals surface area contributed by atoms with Gasteiger partial charge in [-0.25, -0.2) is 0 Å². The van der Waals surface area contributed by atoms with E-state index in [9.17, 15) is 18.0 Å². The second-order valence-corrected chi connectivity index (χ2v) is 4.81. The average molecular weight is 294 g/mol. The summed E-state index contributed by atoms with van der Waals surface area (Å²) in [5, 5.41) is 8.91. The first-order valence-electron chi connectivity index (χ1n) is 6.26. The van der Waals surface area contributed by atoms with Crippen molar-refractivity contribution in [1.29, 1.82) is 0 Å². The Labute approximate surface area is 119 Å². The highest BCUT2D eigenvalue weighted by atomic mass is 19.4. The van der Waals surface area contributed by atoms with E-state index in [4.69, 9.17) is 5.11 Å². The molecule has 0 aliphatic heterocycles. The minimum Gasteiger partial charge on any atom is -0.481 e. The van der Waals surface area contributed by atoms with E-state index in [1.165, 1.54) is 12.1 Å². The first-order valence-corrected chi connectivity index (χ1v) is 6.26. The fourth-order valence-corrected chi connectivity index (χ4v) is 2.11. The number of carboxylic acid groups (broad SMARTS) is 1. The zero-order valence-electron chi connectivity index (χ0n) is 11.2. The molecule has 110 valence electrons. The lowest BCUT2D eigenvalue weighted by Crippen LogP contribution is -2.05. The quantitative estimate of drug-likeness (QED) is 0.916. The van der Waals surface area contributed by atoms with Crippen LogP contribution >= 0.6 is 0 Å². The highest BCUT2D eigenvalue weighted by molar-refractivity contribution is 5.77. The predicted molar refractivity (Wildman–Crippen MR) is 73.0 cm³/mol. The summed E-state index contributed by atoms with van der Waals surface area (Å²) in [5.41, 5.74) is 1.99. The van der Waals surface area contributed by atoms with Crippen LogP contribution in [0.3, 0.4) is 0 Å². The lowest BCUT2D eigenvalue weighted by molar-refractivity contribution is -0.138. The zero-order chi connectivity index (χ0) is 15.6. The summed E-state index contributed by atoms with van der Waals surface area (Å²) in [4.78, 5) is 10.9. The molecule has 0 fully saturated rings. The lowest BCUT2D eigenvalue weighted by atomic mass is 9.95. The number of hydrogen-bond donors (Lipinski definition) is 1. The van der Waals surface area contributed by atoms with E-state index >= 15 is 0 Å². The third-order valence-corrected chi connectivity index (χ3v) is 3.13. The second-order valence-electron chi connectivity index (χ2n) is 4.81. The standard InChI is InChI=1S/C16H13F3O2/c1-10-2-3-12(9-15(20)21)14(8-10)11-4-6-13(7-5-11)16(17,18)19/h2-8H,9H2,1H3,(H,20,21). The van der Waals surface area contributed by atoms with Crippen LogP contribution in [0.25, 0.3) is 11.1 Å². The number of carbonyl (C=O) groups is 1. The van der Waals surface area contributed by atoms with Crippen molar-refractivity contribution in [3.8, 4) is 11.1 Å². The Morgan fingerprint density at radius 3 is 2.24 bits per heavy atom. The predicted octanol–water partition coefficient (Wildman–Crippen LogP) is 4.31. The van der Waals surface area contributed by atoms with E-state index in [0.717, 1.165) is 17.7 Å². The Morgan fingerprint density at radius 2 is 1.71 bits per heavy atom. The summed E-state index contributed by atoms with van der Waals surface area (Å²) in [6, 6.07) is 9.99. The average Bonchev–Trinajstić information content (AvgIpc) is 2.39. The van der Waals surface area contributed by atoms with Crippen molar-refractivity contribution in [3.63, 3.8) is 0 Å². The number of carboxylic acids is 1. The minimum absolute atomic E-state index is 0.170. The molecule has 0 aromatic heterocycles. The van der Waals surface area contributed by atoms with E-state index in [2.05, 4.69) is 0 Å². The molecular formula is C16H13F3O2. The number of aliphatic carboxylic acids is 1. The van der Waals surface area contributed by atoms with Crippen LogP contribution in [0.4, 0.5) is 13.2 Å². The number of alkyl halides is 3. The number of benzene rings is 2. The van der Waals surface area contributed by atoms with E-state index in [0.29, 0.717) is 16.7 Å². The van der Waals surface area contributed by atoms with Crippen LogP contribution in [0.1, 0.15) is 16.7 Å². The Bertz CT molecular complexity index is 658. The smallest absolute Gasteiger partial charge is 0.416 e. The van der Waals surface area contributed by atoms with E-state index < -0.39 is 17.7 Å². The van der Waals surface area contributed by atoms with Gasteiger partial charge in [0.1, 0.15) is 0 Å². The molecule has 2 rings (SSSR count). The van der Waals surface area contributed by atoms with Gasteiger partial charge in [-0.3, -0.25) is 4.79 Å². The Morgan fingerprint density at radius 1 is 1.10 bits per heavy atom. The molecular weight excluding hydrogens is 281 g/mol. The monoisotopic (exact) mass is 294 g/mol. The van der Waals surface area contributed by atoms with Crippen LogP contribution < -0.4 is 0 Å². The SMILES string of the molecule is Cc1ccc(CC(=O)O)c(-c2ccc(C(F)(F)F)cc2)c1. The summed E-state index contributed by atoms with van der Waals surface area (Å²) in [6.07, 6.45) is -4.55. The molecule has 21 heavy (non-hydrogen) atoms. The molecule has 0 aliphatic carbocycles. The van der Waals surface area contributed by atoms with Crippen LogP contribution in [0, 0.1) is 6.92 Å². The maximum atomic E-state index is 12.6. The number of hydrogen-bond acceptors (Lipinski definition) is 1. The normalized spacial score (nSPS) is 11.4. The second kappa shape index (κ2) is 5.60. The highest BCUT2D eigenvalue weighted by Crippen LogP contribution is 2.32. The molecule has 0 spiro atoms. The minimum atomic E-state index is -4.38. The van der Waals surface area contributed by atoms with Gasteiger partial charge in [0.2, 0.25) is 0 Å². The van der Waals surface area contributed by atoms with Crippen molar-refractivity contribution in [1.82, 2.24) is 0 Å². The number of rotatable bonds is 3. The summed E-state index contributed by atoms with van der Waals surface area (Å²) >= 11 is 0. The molecule has 0 atom stereocenters. The molecule has 2 aromatic rings. The van der Waals surface area contributed by atoms with E-state index in [1.807, 2.05) is 6.92 Å². The largest absolute Gasteiger partial charge is 0.481 e. The van der Waals surface area contributed by atoms with Crippen LogP contribution in [-0.2, 0) is 17.4 Å². The van der Waals surface area contributed by atoms with Crippen LogP contribution in [0.5, 0.6) is 0 Å². The third kappa shape index (κ3) is 3.62. The van der Waals surface area contributed by atoms with Crippen molar-refractivity contribution in [2.24, 2.45) is 0 Å². The third-order valence-electron chi connectivity index (χ3n) is 3.13. The van der Waals surface area contributed by atoms with Gasteiger partial charge < -0.3 is 5.11 Å². The molecule has 0 amide bonds. The molecule has 1 N–H and O–H groups in total. The summed E-state index contributed by atoms with van der Waals surface area (Å²) in [6.45, 7) is 1.85. The van der Waals surface area contributed by atoms with Crippen molar-refractivity contribution in [2.75, 3.05) is 0 Å². The van der Waals surface area contributed by atoms with E-state index in [1.54, 1.807) is 18.2 Å². The fourth-order valence-electron chi connectivity index (χ4n) is 2.11. The van der Waals surface area contributed by atoms with Crippen molar-refractivity contribution < 1.29 is 23.1 Å². The topological polar surface area (TPSA) is 37.3 Å². The Hall–Kier alpha value is -2.30. The van der Waals surface area contributed by atoms with Crippen LogP contribution in [0.2, 0.25) is 0 Å². The molecule has 0 heterocycles. The van der Waals surface area contributed by atoms with Gasteiger partial charge in [0.15, 0.2) is 0 Å². The summed E-state index contributed by atoms with van der Waals surface area (Å²) in [7, 11) is 0. The lowest BCUT2D eigenvalue weighted by Gasteiger charge is -2.11. The van der Waals surface area contributed by atoms with Gasteiger partial charge in [-0.2, -0.15) is 13.2 Å². The first-order chi connectivity index (χ1) is 9.77. The molecule has 0 aliphatic rings. The van der Waals surface area contributed by atoms with Crippen LogP contribution in [-0.4, -0.2) is 11.1 Å². The zero-order valence-corrected chi connectivity index (χ0v) is 11.2. The van der Waals surface area contributed by atoms with Gasteiger partial charge in [0, 0.05) is 0 Å². The molecule has 0 bridgehead atoms. The fraction of sp³-hybridized carbons (Fsp3) is 0.188. The van der Waals surface area contributed by atoms with Gasteiger partial charge in [0.25, 0.3) is 0 Å².